The third-order valence-corrected chi connectivity index (χ3v) is 5.00. The Morgan fingerprint density at radius 1 is 1.23 bits per heavy atom. The zero-order valence-electron chi connectivity index (χ0n) is 14.3. The molecule has 0 saturated heterocycles. The minimum absolute atomic E-state index is 0.000235. The monoisotopic (exact) mass is 432 g/mol. The molecule has 1 aromatic heterocycles. The van der Waals surface area contributed by atoms with Crippen LogP contribution in [0, 0.1) is 0 Å². The standard InChI is InChI=1S/C19H17BrN2O3S/c1-3-24-16-9-7-13(8-10-16)17(23)12(2)26-19-22-21-18(25-19)14-5-4-6-15(20)11-14/h4-12H,3H2,1-2H3/t12-/m1/s1. The minimum atomic E-state index is -0.344. The van der Waals surface area contributed by atoms with Crippen molar-refractivity contribution in [2.75, 3.05) is 6.61 Å². The molecule has 2 aromatic carbocycles. The van der Waals surface area contributed by atoms with Gasteiger partial charge in [0.05, 0.1) is 11.9 Å². The van der Waals surface area contributed by atoms with Crippen molar-refractivity contribution >= 4 is 33.5 Å². The zero-order valence-corrected chi connectivity index (χ0v) is 16.7. The molecule has 0 bridgehead atoms. The molecule has 7 heteroatoms. The summed E-state index contributed by atoms with van der Waals surface area (Å²) >= 11 is 4.67. The van der Waals surface area contributed by atoms with Gasteiger partial charge in [-0.05, 0) is 56.3 Å². The van der Waals surface area contributed by atoms with Crippen LogP contribution in [0.15, 0.2) is 62.6 Å². The molecule has 3 rings (SSSR count). The average Bonchev–Trinajstić information content (AvgIpc) is 3.10. The lowest BCUT2D eigenvalue weighted by molar-refractivity contribution is 0.0993. The van der Waals surface area contributed by atoms with E-state index in [0.29, 0.717) is 23.3 Å². The molecule has 0 aliphatic carbocycles. The molecule has 1 heterocycles. The van der Waals surface area contributed by atoms with E-state index >= 15 is 0 Å². The van der Waals surface area contributed by atoms with E-state index in [-0.39, 0.29) is 11.0 Å². The second-order valence-corrected chi connectivity index (χ2v) is 7.67. The number of ether oxygens (including phenoxy) is 1. The second-order valence-electron chi connectivity index (χ2n) is 5.47. The van der Waals surface area contributed by atoms with Crippen LogP contribution in [-0.2, 0) is 0 Å². The number of carbonyl (C=O) groups excluding carboxylic acids is 1. The first-order chi connectivity index (χ1) is 12.6. The van der Waals surface area contributed by atoms with Crippen molar-refractivity contribution in [1.82, 2.24) is 10.2 Å². The maximum absolute atomic E-state index is 12.6. The molecule has 0 unspecified atom stereocenters. The highest BCUT2D eigenvalue weighted by atomic mass is 79.9. The van der Waals surface area contributed by atoms with E-state index < -0.39 is 0 Å². The Labute approximate surface area is 164 Å². The van der Waals surface area contributed by atoms with E-state index in [1.807, 2.05) is 38.1 Å². The van der Waals surface area contributed by atoms with Crippen molar-refractivity contribution in [1.29, 1.82) is 0 Å². The third-order valence-electron chi connectivity index (χ3n) is 3.57. The topological polar surface area (TPSA) is 65.2 Å². The van der Waals surface area contributed by atoms with Crippen LogP contribution in [0.5, 0.6) is 5.75 Å². The largest absolute Gasteiger partial charge is 0.494 e. The highest BCUT2D eigenvalue weighted by Crippen LogP contribution is 2.29. The van der Waals surface area contributed by atoms with Gasteiger partial charge in [0.25, 0.3) is 5.22 Å². The number of hydrogen-bond donors (Lipinski definition) is 0. The molecule has 134 valence electrons. The smallest absolute Gasteiger partial charge is 0.277 e. The first-order valence-electron chi connectivity index (χ1n) is 8.10. The van der Waals surface area contributed by atoms with Crippen LogP contribution in [0.25, 0.3) is 11.5 Å². The van der Waals surface area contributed by atoms with Gasteiger partial charge in [-0.2, -0.15) is 0 Å². The molecule has 0 spiro atoms. The predicted molar refractivity (Wildman–Crippen MR) is 105 cm³/mol. The number of halogens is 1. The van der Waals surface area contributed by atoms with Gasteiger partial charge in [0.1, 0.15) is 5.75 Å². The Morgan fingerprint density at radius 2 is 2.00 bits per heavy atom. The van der Waals surface area contributed by atoms with Crippen molar-refractivity contribution in [2.45, 2.75) is 24.3 Å². The summed E-state index contributed by atoms with van der Waals surface area (Å²) in [5.74, 6) is 1.18. The molecule has 3 aromatic rings. The van der Waals surface area contributed by atoms with Crippen molar-refractivity contribution < 1.29 is 13.9 Å². The Morgan fingerprint density at radius 3 is 2.69 bits per heavy atom. The summed E-state index contributed by atoms with van der Waals surface area (Å²) in [6.45, 7) is 4.34. The highest BCUT2D eigenvalue weighted by molar-refractivity contribution is 9.10. The van der Waals surface area contributed by atoms with Gasteiger partial charge in [0.15, 0.2) is 5.78 Å². The number of carbonyl (C=O) groups is 1. The Bertz CT molecular complexity index is 896. The summed E-state index contributed by atoms with van der Waals surface area (Å²) < 4.78 is 12.0. The van der Waals surface area contributed by atoms with Crippen LogP contribution in [-0.4, -0.2) is 27.8 Å². The highest BCUT2D eigenvalue weighted by Gasteiger charge is 2.20. The molecule has 0 fully saturated rings. The Kier molecular flexibility index (Phi) is 6.11. The number of benzene rings is 2. The Balaban J connectivity index is 1.67. The van der Waals surface area contributed by atoms with Crippen molar-refractivity contribution in [3.05, 3.63) is 58.6 Å². The lowest BCUT2D eigenvalue weighted by Gasteiger charge is -2.08. The van der Waals surface area contributed by atoms with Gasteiger partial charge in [-0.15, -0.1) is 10.2 Å². The van der Waals surface area contributed by atoms with E-state index in [1.165, 1.54) is 11.8 Å². The van der Waals surface area contributed by atoms with Crippen LogP contribution in [0.3, 0.4) is 0 Å². The van der Waals surface area contributed by atoms with E-state index in [9.17, 15) is 4.79 Å². The minimum Gasteiger partial charge on any atom is -0.494 e. The lowest BCUT2D eigenvalue weighted by atomic mass is 10.1. The van der Waals surface area contributed by atoms with Crippen LogP contribution >= 0.6 is 27.7 Å². The van der Waals surface area contributed by atoms with E-state index in [4.69, 9.17) is 9.15 Å². The molecule has 1 atom stereocenters. The van der Waals surface area contributed by atoms with Gasteiger partial charge in [0, 0.05) is 15.6 Å². The third kappa shape index (κ3) is 4.53. The Hall–Kier alpha value is -2.12. The van der Waals surface area contributed by atoms with Gasteiger partial charge < -0.3 is 9.15 Å². The normalized spacial score (nSPS) is 12.0. The van der Waals surface area contributed by atoms with E-state index in [1.54, 1.807) is 24.3 Å². The molecule has 0 saturated carbocycles. The van der Waals surface area contributed by atoms with Crippen molar-refractivity contribution in [2.24, 2.45) is 0 Å². The number of rotatable bonds is 7. The van der Waals surface area contributed by atoms with E-state index in [2.05, 4.69) is 26.1 Å². The fraction of sp³-hybridized carbons (Fsp3) is 0.211. The number of Topliss-reactive ketones (excluding diaryl/α,β-unsaturated/α-hetero) is 1. The van der Waals surface area contributed by atoms with Crippen molar-refractivity contribution in [3.8, 4) is 17.2 Å². The molecule has 0 aliphatic rings. The molecular weight excluding hydrogens is 416 g/mol. The van der Waals surface area contributed by atoms with Crippen molar-refractivity contribution in [3.63, 3.8) is 0 Å². The second kappa shape index (κ2) is 8.51. The molecule has 26 heavy (non-hydrogen) atoms. The predicted octanol–water partition coefficient (Wildman–Crippen LogP) is 5.26. The number of aromatic nitrogens is 2. The first kappa shape index (κ1) is 18.7. The van der Waals surface area contributed by atoms with Gasteiger partial charge in [-0.25, -0.2) is 0 Å². The maximum Gasteiger partial charge on any atom is 0.277 e. The molecule has 0 radical (unpaired) electrons. The van der Waals surface area contributed by atoms with Gasteiger partial charge in [-0.1, -0.05) is 33.8 Å². The molecular formula is C19H17BrN2O3S. The number of ketones is 1. The van der Waals surface area contributed by atoms with Crippen LogP contribution in [0.4, 0.5) is 0 Å². The van der Waals surface area contributed by atoms with Gasteiger partial charge in [-0.3, -0.25) is 4.79 Å². The number of thioether (sulfide) groups is 1. The fourth-order valence-corrected chi connectivity index (χ4v) is 3.48. The van der Waals surface area contributed by atoms with Crippen LogP contribution in [0.1, 0.15) is 24.2 Å². The maximum atomic E-state index is 12.6. The summed E-state index contributed by atoms with van der Waals surface area (Å²) in [5.41, 5.74) is 1.45. The van der Waals surface area contributed by atoms with Crippen LogP contribution < -0.4 is 4.74 Å². The number of hydrogen-bond acceptors (Lipinski definition) is 6. The lowest BCUT2D eigenvalue weighted by Crippen LogP contribution is -2.13. The first-order valence-corrected chi connectivity index (χ1v) is 9.77. The summed E-state index contributed by atoms with van der Waals surface area (Å²) in [6, 6.07) is 14.7. The average molecular weight is 433 g/mol. The SMILES string of the molecule is CCOc1ccc(C(=O)[C@@H](C)Sc2nnc(-c3cccc(Br)c3)o2)cc1. The van der Waals surface area contributed by atoms with Gasteiger partial charge in [0.2, 0.25) is 5.89 Å². The van der Waals surface area contributed by atoms with E-state index in [0.717, 1.165) is 15.8 Å². The molecule has 0 amide bonds. The summed E-state index contributed by atoms with van der Waals surface area (Å²) in [7, 11) is 0. The number of nitrogens with zero attached hydrogens (tertiary/aromatic N) is 2. The summed E-state index contributed by atoms with van der Waals surface area (Å²) in [4.78, 5) is 12.6. The quantitative estimate of drug-likeness (QED) is 0.374. The summed E-state index contributed by atoms with van der Waals surface area (Å²) in [6.07, 6.45) is 0. The fourth-order valence-electron chi connectivity index (χ4n) is 2.32. The molecule has 0 N–H and O–H groups in total. The van der Waals surface area contributed by atoms with Crippen LogP contribution in [0.2, 0.25) is 0 Å². The zero-order chi connectivity index (χ0) is 18.5. The van der Waals surface area contributed by atoms with Gasteiger partial charge >= 0.3 is 0 Å². The molecule has 5 nitrogen and oxygen atoms in total. The molecule has 0 aliphatic heterocycles. The summed E-state index contributed by atoms with van der Waals surface area (Å²) in [5, 5.41) is 8.12.